The maximum atomic E-state index is 12.1. The maximum absolute atomic E-state index is 12.1. The fraction of sp³-hybridized carbons (Fsp3) is 0.125. The summed E-state index contributed by atoms with van der Waals surface area (Å²) in [4.78, 5) is 18.3. The number of benzene rings is 2. The Labute approximate surface area is 132 Å². The summed E-state index contributed by atoms with van der Waals surface area (Å²) in [6, 6.07) is 15.0. The Hall–Kier alpha value is -1.78. The number of carbonyl (C=O) groups is 1. The van der Waals surface area contributed by atoms with Gasteiger partial charge >= 0.3 is 0 Å². The van der Waals surface area contributed by atoms with E-state index in [1.165, 1.54) is 0 Å². The SMILES string of the molecule is Cc1ccc(C(=O)N=C2SCN2c2ccc(Cl)cc2)cc1. The molecule has 1 heterocycles. The van der Waals surface area contributed by atoms with Gasteiger partial charge in [-0.3, -0.25) is 4.79 Å². The molecule has 0 aromatic heterocycles. The van der Waals surface area contributed by atoms with Crippen LogP contribution in [-0.4, -0.2) is 17.0 Å². The Morgan fingerprint density at radius 2 is 1.81 bits per heavy atom. The lowest BCUT2D eigenvalue weighted by Gasteiger charge is -2.33. The molecule has 0 aliphatic carbocycles. The highest BCUT2D eigenvalue weighted by Gasteiger charge is 2.25. The van der Waals surface area contributed by atoms with Crippen molar-refractivity contribution >= 4 is 40.1 Å². The van der Waals surface area contributed by atoms with Crippen molar-refractivity contribution in [1.29, 1.82) is 0 Å². The van der Waals surface area contributed by atoms with Gasteiger partial charge in [0.2, 0.25) is 0 Å². The molecule has 3 rings (SSSR count). The Morgan fingerprint density at radius 1 is 1.14 bits per heavy atom. The Balaban J connectivity index is 1.78. The summed E-state index contributed by atoms with van der Waals surface area (Å²) in [6.07, 6.45) is 0. The van der Waals surface area contributed by atoms with E-state index in [1.54, 1.807) is 23.9 Å². The van der Waals surface area contributed by atoms with Crippen molar-refractivity contribution in [2.45, 2.75) is 6.92 Å². The van der Waals surface area contributed by atoms with Crippen molar-refractivity contribution in [3.63, 3.8) is 0 Å². The number of amides is 1. The predicted octanol–water partition coefficient (Wildman–Crippen LogP) is 4.36. The van der Waals surface area contributed by atoms with Gasteiger partial charge in [-0.05, 0) is 43.3 Å². The van der Waals surface area contributed by atoms with Crippen molar-refractivity contribution in [2.24, 2.45) is 4.99 Å². The van der Waals surface area contributed by atoms with Gasteiger partial charge in [0.25, 0.3) is 5.91 Å². The van der Waals surface area contributed by atoms with Gasteiger partial charge in [0.15, 0.2) is 5.17 Å². The lowest BCUT2D eigenvalue weighted by atomic mass is 10.1. The van der Waals surface area contributed by atoms with E-state index < -0.39 is 0 Å². The number of carbonyl (C=O) groups excluding carboxylic acids is 1. The van der Waals surface area contributed by atoms with Crippen LogP contribution in [-0.2, 0) is 0 Å². The third-order valence-electron chi connectivity index (χ3n) is 3.19. The first-order valence-electron chi connectivity index (χ1n) is 6.49. The highest BCUT2D eigenvalue weighted by molar-refractivity contribution is 8.16. The molecule has 0 atom stereocenters. The number of nitrogens with zero attached hydrogens (tertiary/aromatic N) is 2. The van der Waals surface area contributed by atoms with Crippen LogP contribution in [0.2, 0.25) is 5.02 Å². The molecule has 1 aliphatic heterocycles. The van der Waals surface area contributed by atoms with Crippen LogP contribution in [0, 0.1) is 6.92 Å². The second-order valence-electron chi connectivity index (χ2n) is 4.74. The summed E-state index contributed by atoms with van der Waals surface area (Å²) >= 11 is 7.44. The van der Waals surface area contributed by atoms with Gasteiger partial charge in [0.1, 0.15) is 0 Å². The molecular formula is C16H13ClN2OS. The van der Waals surface area contributed by atoms with Gasteiger partial charge in [-0.25, -0.2) is 0 Å². The van der Waals surface area contributed by atoms with E-state index in [4.69, 9.17) is 11.6 Å². The molecule has 3 nitrogen and oxygen atoms in total. The average molecular weight is 317 g/mol. The number of rotatable bonds is 2. The molecule has 1 fully saturated rings. The van der Waals surface area contributed by atoms with Crippen molar-refractivity contribution < 1.29 is 4.79 Å². The van der Waals surface area contributed by atoms with Crippen LogP contribution >= 0.6 is 23.4 Å². The minimum Gasteiger partial charge on any atom is -0.311 e. The van der Waals surface area contributed by atoms with E-state index in [9.17, 15) is 4.79 Å². The molecular weight excluding hydrogens is 304 g/mol. The smallest absolute Gasteiger partial charge is 0.279 e. The molecule has 5 heteroatoms. The first-order valence-corrected chi connectivity index (χ1v) is 7.85. The molecule has 0 radical (unpaired) electrons. The van der Waals surface area contributed by atoms with Crippen molar-refractivity contribution in [3.05, 3.63) is 64.7 Å². The largest absolute Gasteiger partial charge is 0.311 e. The van der Waals surface area contributed by atoms with Crippen molar-refractivity contribution in [1.82, 2.24) is 0 Å². The summed E-state index contributed by atoms with van der Waals surface area (Å²) in [5.41, 5.74) is 2.73. The van der Waals surface area contributed by atoms with Gasteiger partial charge in [-0.2, -0.15) is 4.99 Å². The molecule has 0 unspecified atom stereocenters. The molecule has 1 aliphatic rings. The Bertz CT molecular complexity index is 695. The maximum Gasteiger partial charge on any atom is 0.279 e. The lowest BCUT2D eigenvalue weighted by Crippen LogP contribution is -2.39. The first-order chi connectivity index (χ1) is 10.1. The number of hydrogen-bond donors (Lipinski definition) is 0. The first kappa shape index (κ1) is 14.2. The van der Waals surface area contributed by atoms with E-state index in [0.29, 0.717) is 10.6 Å². The second kappa shape index (κ2) is 5.92. The van der Waals surface area contributed by atoms with Crippen LogP contribution in [0.5, 0.6) is 0 Å². The van der Waals surface area contributed by atoms with E-state index in [1.807, 2.05) is 48.2 Å². The van der Waals surface area contributed by atoms with E-state index in [-0.39, 0.29) is 5.91 Å². The fourth-order valence-corrected chi connectivity index (χ4v) is 2.83. The standard InChI is InChI=1S/C16H13ClN2OS/c1-11-2-4-12(5-3-11)15(20)18-16-19(10-21-16)14-8-6-13(17)7-9-14/h2-9H,10H2,1H3. The molecule has 21 heavy (non-hydrogen) atoms. The van der Waals surface area contributed by atoms with Crippen LogP contribution in [0.3, 0.4) is 0 Å². The number of thioether (sulfide) groups is 1. The molecule has 0 saturated carbocycles. The zero-order valence-corrected chi connectivity index (χ0v) is 13.0. The minimum absolute atomic E-state index is 0.212. The monoisotopic (exact) mass is 316 g/mol. The third-order valence-corrected chi connectivity index (χ3v) is 4.40. The molecule has 1 amide bonds. The molecule has 0 N–H and O–H groups in total. The number of anilines is 1. The van der Waals surface area contributed by atoms with Gasteiger partial charge in [-0.15, -0.1) is 0 Å². The van der Waals surface area contributed by atoms with Gasteiger partial charge in [-0.1, -0.05) is 41.1 Å². The Morgan fingerprint density at radius 3 is 2.38 bits per heavy atom. The fourth-order valence-electron chi connectivity index (χ4n) is 1.93. The van der Waals surface area contributed by atoms with Crippen LogP contribution in [0.25, 0.3) is 0 Å². The van der Waals surface area contributed by atoms with Crippen LogP contribution in [0.4, 0.5) is 5.69 Å². The molecule has 0 spiro atoms. The van der Waals surface area contributed by atoms with Crippen molar-refractivity contribution in [2.75, 3.05) is 10.8 Å². The van der Waals surface area contributed by atoms with E-state index in [2.05, 4.69) is 4.99 Å². The topological polar surface area (TPSA) is 32.7 Å². The minimum atomic E-state index is -0.212. The molecule has 1 saturated heterocycles. The number of aliphatic imine (C=N–C) groups is 1. The van der Waals surface area contributed by atoms with Gasteiger partial charge in [0, 0.05) is 16.3 Å². The summed E-state index contributed by atoms with van der Waals surface area (Å²) in [5, 5.41) is 1.42. The summed E-state index contributed by atoms with van der Waals surface area (Å²) in [6.45, 7) is 1.99. The zero-order chi connectivity index (χ0) is 14.8. The Kier molecular flexibility index (Phi) is 3.99. The molecule has 106 valence electrons. The highest BCUT2D eigenvalue weighted by Crippen LogP contribution is 2.31. The summed E-state index contributed by atoms with van der Waals surface area (Å²) < 4.78 is 0. The van der Waals surface area contributed by atoms with Gasteiger partial charge < -0.3 is 4.90 Å². The van der Waals surface area contributed by atoms with Crippen LogP contribution in [0.15, 0.2) is 53.5 Å². The van der Waals surface area contributed by atoms with E-state index >= 15 is 0 Å². The number of aryl methyl sites for hydroxylation is 1. The highest BCUT2D eigenvalue weighted by atomic mass is 35.5. The van der Waals surface area contributed by atoms with E-state index in [0.717, 1.165) is 22.3 Å². The molecule has 2 aromatic rings. The predicted molar refractivity (Wildman–Crippen MR) is 89.3 cm³/mol. The zero-order valence-electron chi connectivity index (χ0n) is 11.4. The number of amidine groups is 1. The van der Waals surface area contributed by atoms with Gasteiger partial charge in [0.05, 0.1) is 5.88 Å². The second-order valence-corrected chi connectivity index (χ2v) is 6.09. The number of halogens is 1. The van der Waals surface area contributed by atoms with Crippen molar-refractivity contribution in [3.8, 4) is 0 Å². The third kappa shape index (κ3) is 3.12. The normalized spacial score (nSPS) is 15.9. The van der Waals surface area contributed by atoms with Crippen LogP contribution in [0.1, 0.15) is 15.9 Å². The quantitative estimate of drug-likeness (QED) is 0.825. The number of hydrogen-bond acceptors (Lipinski definition) is 2. The summed E-state index contributed by atoms with van der Waals surface area (Å²) in [7, 11) is 0. The molecule has 2 aromatic carbocycles. The average Bonchev–Trinajstić information content (AvgIpc) is 2.46. The lowest BCUT2D eigenvalue weighted by molar-refractivity contribution is 0.100. The summed E-state index contributed by atoms with van der Waals surface area (Å²) in [5.74, 6) is 0.581. The van der Waals surface area contributed by atoms with Crippen LogP contribution < -0.4 is 4.90 Å². The molecule has 0 bridgehead atoms.